The molecule has 0 unspecified atom stereocenters. The molecule has 2 heterocycles. The number of likely N-dealkylation sites (tertiary alicyclic amines) is 1. The minimum atomic E-state index is -0.537. The van der Waals surface area contributed by atoms with Gasteiger partial charge in [-0.25, -0.2) is 4.79 Å². The first-order valence-corrected chi connectivity index (χ1v) is 8.02. The highest BCUT2D eigenvalue weighted by molar-refractivity contribution is 5.86. The van der Waals surface area contributed by atoms with Gasteiger partial charge in [0.15, 0.2) is 5.76 Å². The smallest absolute Gasteiger partial charge is 0.318 e. The van der Waals surface area contributed by atoms with Crippen LogP contribution in [0.25, 0.3) is 11.3 Å². The van der Waals surface area contributed by atoms with Gasteiger partial charge < -0.3 is 25.2 Å². The molecule has 1 saturated heterocycles. The van der Waals surface area contributed by atoms with E-state index in [0.29, 0.717) is 24.4 Å². The number of carbonyl (C=O) groups is 2. The van der Waals surface area contributed by atoms with Crippen molar-refractivity contribution in [3.8, 4) is 17.1 Å². The molecule has 3 rings (SSSR count). The number of primary amides is 1. The van der Waals surface area contributed by atoms with Gasteiger partial charge in [0.2, 0.25) is 5.91 Å². The Morgan fingerprint density at radius 2 is 2.28 bits per heavy atom. The van der Waals surface area contributed by atoms with Crippen molar-refractivity contribution in [2.75, 3.05) is 13.7 Å². The van der Waals surface area contributed by atoms with Gasteiger partial charge in [-0.05, 0) is 25.0 Å². The molecule has 1 atom stereocenters. The van der Waals surface area contributed by atoms with Gasteiger partial charge in [-0.2, -0.15) is 0 Å². The molecule has 25 heavy (non-hydrogen) atoms. The minimum absolute atomic E-state index is 0.203. The predicted octanol–water partition coefficient (Wildman–Crippen LogP) is 1.51. The lowest BCUT2D eigenvalue weighted by molar-refractivity contribution is -0.121. The fourth-order valence-corrected chi connectivity index (χ4v) is 2.88. The minimum Gasteiger partial charge on any atom is -0.497 e. The summed E-state index contributed by atoms with van der Waals surface area (Å²) in [5.74, 6) is 0.823. The number of nitrogens with one attached hydrogen (secondary N) is 1. The predicted molar refractivity (Wildman–Crippen MR) is 89.6 cm³/mol. The summed E-state index contributed by atoms with van der Waals surface area (Å²) in [5.41, 5.74) is 6.74. The molecule has 2 aromatic rings. The lowest BCUT2D eigenvalue weighted by atomic mass is 10.1. The van der Waals surface area contributed by atoms with Crippen molar-refractivity contribution in [1.29, 1.82) is 0 Å². The van der Waals surface area contributed by atoms with E-state index in [-0.39, 0.29) is 12.6 Å². The van der Waals surface area contributed by atoms with Crippen molar-refractivity contribution in [3.05, 3.63) is 36.0 Å². The summed E-state index contributed by atoms with van der Waals surface area (Å²) in [6.45, 7) is 0.724. The molecule has 1 aromatic heterocycles. The van der Waals surface area contributed by atoms with Crippen LogP contribution in [0.1, 0.15) is 18.5 Å². The molecule has 0 saturated carbocycles. The molecule has 0 bridgehead atoms. The van der Waals surface area contributed by atoms with E-state index in [2.05, 4.69) is 10.5 Å². The van der Waals surface area contributed by atoms with Crippen LogP contribution in [-0.2, 0) is 11.3 Å². The Hall–Kier alpha value is -3.03. The topological polar surface area (TPSA) is 111 Å². The third kappa shape index (κ3) is 3.73. The van der Waals surface area contributed by atoms with Crippen LogP contribution in [0.15, 0.2) is 34.9 Å². The highest BCUT2D eigenvalue weighted by atomic mass is 16.5. The molecular weight excluding hydrogens is 324 g/mol. The van der Waals surface area contributed by atoms with Crippen molar-refractivity contribution in [1.82, 2.24) is 15.4 Å². The van der Waals surface area contributed by atoms with Gasteiger partial charge in [0, 0.05) is 18.2 Å². The van der Waals surface area contributed by atoms with Gasteiger partial charge in [0.1, 0.15) is 17.5 Å². The van der Waals surface area contributed by atoms with Gasteiger partial charge in [0.05, 0.1) is 13.7 Å². The standard InChI is InChI=1S/C17H20N4O4/c1-24-13-5-2-4-11(8-13)15-9-12(20-25-15)10-19-17(23)21-7-3-6-14(21)16(18)22/h2,4-5,8-9,14H,3,6-7,10H2,1H3,(H2,18,22)(H,19,23)/t14-/m0/s1. The number of urea groups is 1. The van der Waals surface area contributed by atoms with Gasteiger partial charge in [-0.15, -0.1) is 0 Å². The molecule has 8 nitrogen and oxygen atoms in total. The molecule has 3 N–H and O–H groups in total. The number of hydrogen-bond donors (Lipinski definition) is 2. The molecular formula is C17H20N4O4. The molecule has 132 valence electrons. The van der Waals surface area contributed by atoms with E-state index >= 15 is 0 Å². The van der Waals surface area contributed by atoms with Crippen LogP contribution in [-0.4, -0.2) is 41.7 Å². The van der Waals surface area contributed by atoms with E-state index in [4.69, 9.17) is 15.0 Å². The SMILES string of the molecule is COc1cccc(-c2cc(CNC(=O)N3CCC[C@H]3C(N)=O)no2)c1. The summed E-state index contributed by atoms with van der Waals surface area (Å²) in [4.78, 5) is 25.1. The largest absolute Gasteiger partial charge is 0.497 e. The second-order valence-electron chi connectivity index (χ2n) is 5.83. The first-order valence-electron chi connectivity index (χ1n) is 8.02. The van der Waals surface area contributed by atoms with E-state index in [1.54, 1.807) is 13.2 Å². The van der Waals surface area contributed by atoms with Crippen molar-refractivity contribution in [2.24, 2.45) is 5.73 Å². The summed E-state index contributed by atoms with van der Waals surface area (Å²) in [6, 6.07) is 8.31. The third-order valence-electron chi connectivity index (χ3n) is 4.18. The lowest BCUT2D eigenvalue weighted by Crippen LogP contribution is -2.47. The fourth-order valence-electron chi connectivity index (χ4n) is 2.88. The Morgan fingerprint density at radius 3 is 3.04 bits per heavy atom. The Morgan fingerprint density at radius 1 is 1.44 bits per heavy atom. The number of aromatic nitrogens is 1. The number of nitrogens with zero attached hydrogens (tertiary/aromatic N) is 2. The zero-order valence-corrected chi connectivity index (χ0v) is 13.9. The zero-order chi connectivity index (χ0) is 17.8. The average molecular weight is 344 g/mol. The summed E-state index contributed by atoms with van der Waals surface area (Å²) >= 11 is 0. The normalized spacial score (nSPS) is 16.7. The average Bonchev–Trinajstić information content (AvgIpc) is 3.29. The van der Waals surface area contributed by atoms with Gasteiger partial charge in [0.25, 0.3) is 0 Å². The van der Waals surface area contributed by atoms with Crippen LogP contribution in [0.5, 0.6) is 5.75 Å². The molecule has 0 aliphatic carbocycles. The molecule has 1 aliphatic heterocycles. The molecule has 8 heteroatoms. The van der Waals surface area contributed by atoms with Crippen molar-refractivity contribution in [3.63, 3.8) is 0 Å². The van der Waals surface area contributed by atoms with Crippen LogP contribution < -0.4 is 15.8 Å². The highest BCUT2D eigenvalue weighted by Crippen LogP contribution is 2.24. The maximum Gasteiger partial charge on any atom is 0.318 e. The monoisotopic (exact) mass is 344 g/mol. The lowest BCUT2D eigenvalue weighted by Gasteiger charge is -2.22. The molecule has 3 amide bonds. The molecule has 1 aromatic carbocycles. The molecule has 1 fully saturated rings. The number of ether oxygens (including phenoxy) is 1. The van der Waals surface area contributed by atoms with Crippen LogP contribution in [0.4, 0.5) is 4.79 Å². The number of hydrogen-bond acceptors (Lipinski definition) is 5. The van der Waals surface area contributed by atoms with E-state index in [1.165, 1.54) is 4.90 Å². The van der Waals surface area contributed by atoms with E-state index in [1.807, 2.05) is 24.3 Å². The van der Waals surface area contributed by atoms with Crippen molar-refractivity contribution < 1.29 is 18.8 Å². The third-order valence-corrected chi connectivity index (χ3v) is 4.18. The number of nitrogens with two attached hydrogens (primary N) is 1. The van der Waals surface area contributed by atoms with Crippen molar-refractivity contribution in [2.45, 2.75) is 25.4 Å². The Labute approximate surface area is 144 Å². The van der Waals surface area contributed by atoms with Gasteiger partial charge in [-0.1, -0.05) is 17.3 Å². The Balaban J connectivity index is 1.62. The van der Waals surface area contributed by atoms with Crippen LogP contribution in [0.2, 0.25) is 0 Å². The van der Waals surface area contributed by atoms with Gasteiger partial charge in [-0.3, -0.25) is 4.79 Å². The number of carbonyl (C=O) groups excluding carboxylic acids is 2. The number of amides is 3. The van der Waals surface area contributed by atoms with Crippen LogP contribution >= 0.6 is 0 Å². The van der Waals surface area contributed by atoms with Gasteiger partial charge >= 0.3 is 6.03 Å². The Bertz CT molecular complexity index is 774. The molecule has 1 aliphatic rings. The zero-order valence-electron chi connectivity index (χ0n) is 13.9. The molecule has 0 spiro atoms. The number of benzene rings is 1. The summed E-state index contributed by atoms with van der Waals surface area (Å²) in [5, 5.41) is 6.71. The van der Waals surface area contributed by atoms with Crippen molar-refractivity contribution >= 4 is 11.9 Å². The first-order chi connectivity index (χ1) is 12.1. The first kappa shape index (κ1) is 16.8. The maximum absolute atomic E-state index is 12.2. The fraction of sp³-hybridized carbons (Fsp3) is 0.353. The van der Waals surface area contributed by atoms with E-state index in [0.717, 1.165) is 17.7 Å². The summed E-state index contributed by atoms with van der Waals surface area (Å²) in [7, 11) is 1.60. The highest BCUT2D eigenvalue weighted by Gasteiger charge is 2.32. The maximum atomic E-state index is 12.2. The van der Waals surface area contributed by atoms with Crippen LogP contribution in [0.3, 0.4) is 0 Å². The quantitative estimate of drug-likeness (QED) is 0.854. The second-order valence-corrected chi connectivity index (χ2v) is 5.83. The summed E-state index contributed by atoms with van der Waals surface area (Å²) in [6.07, 6.45) is 1.37. The molecule has 0 radical (unpaired) electrons. The summed E-state index contributed by atoms with van der Waals surface area (Å²) < 4.78 is 10.5. The van der Waals surface area contributed by atoms with Crippen LogP contribution in [0, 0.1) is 0 Å². The van der Waals surface area contributed by atoms with E-state index < -0.39 is 11.9 Å². The van der Waals surface area contributed by atoms with E-state index in [9.17, 15) is 9.59 Å². The number of rotatable bonds is 5. The number of methoxy groups -OCH3 is 1. The second kappa shape index (κ2) is 7.25. The Kier molecular flexibility index (Phi) is 4.87.